The van der Waals surface area contributed by atoms with Crippen molar-refractivity contribution < 1.29 is 0 Å². The van der Waals surface area contributed by atoms with Gasteiger partial charge in [-0.25, -0.2) is 9.97 Å². The van der Waals surface area contributed by atoms with Crippen LogP contribution in [0.2, 0.25) is 0 Å². The molecule has 2 heterocycles. The van der Waals surface area contributed by atoms with Crippen LogP contribution in [-0.2, 0) is 6.54 Å². The van der Waals surface area contributed by atoms with Crippen molar-refractivity contribution in [3.8, 4) is 0 Å². The number of rotatable bonds is 6. The molecule has 1 unspecified atom stereocenters. The first-order chi connectivity index (χ1) is 9.26. The third kappa shape index (κ3) is 3.01. The minimum atomic E-state index is -0.0886. The molecule has 102 valence electrons. The molecule has 2 aromatic heterocycles. The first-order valence-electron chi connectivity index (χ1n) is 6.57. The number of hydrogen-bond donors (Lipinski definition) is 2. The summed E-state index contributed by atoms with van der Waals surface area (Å²) in [6.45, 7) is 4.78. The predicted octanol–water partition coefficient (Wildman–Crippen LogP) is 1.94. The summed E-state index contributed by atoms with van der Waals surface area (Å²) in [6, 6.07) is -0.0346. The van der Waals surface area contributed by atoms with Gasteiger partial charge in [0.1, 0.15) is 5.82 Å². The van der Waals surface area contributed by atoms with Crippen LogP contribution in [0.1, 0.15) is 38.6 Å². The second kappa shape index (κ2) is 6.17. The van der Waals surface area contributed by atoms with Gasteiger partial charge >= 0.3 is 0 Å². The molecule has 2 N–H and O–H groups in total. The van der Waals surface area contributed by atoms with E-state index in [1.807, 2.05) is 13.8 Å². The minimum Gasteiger partial charge on any atom is -0.356 e. The summed E-state index contributed by atoms with van der Waals surface area (Å²) in [7, 11) is 0. The smallest absolute Gasteiger partial charge is 0.293 e. The highest BCUT2D eigenvalue weighted by atomic mass is 16.1. The molecule has 0 fully saturated rings. The summed E-state index contributed by atoms with van der Waals surface area (Å²) in [5.41, 5.74) is -0.0886. The van der Waals surface area contributed by atoms with Gasteiger partial charge in [-0.05, 0) is 12.8 Å². The largest absolute Gasteiger partial charge is 0.356 e. The van der Waals surface area contributed by atoms with Crippen LogP contribution in [0.3, 0.4) is 0 Å². The summed E-state index contributed by atoms with van der Waals surface area (Å²) in [6.07, 6.45) is 8.57. The number of nitrogens with zero attached hydrogens (tertiary/aromatic N) is 3. The minimum absolute atomic E-state index is 0.0346. The second-order valence-electron chi connectivity index (χ2n) is 4.35. The van der Waals surface area contributed by atoms with Gasteiger partial charge in [-0.1, -0.05) is 13.8 Å². The van der Waals surface area contributed by atoms with Crippen molar-refractivity contribution in [1.29, 1.82) is 0 Å². The Hall–Kier alpha value is -2.11. The van der Waals surface area contributed by atoms with Gasteiger partial charge in [0.05, 0.1) is 6.04 Å². The Labute approximate surface area is 111 Å². The number of aromatic amines is 1. The van der Waals surface area contributed by atoms with Gasteiger partial charge in [-0.2, -0.15) is 0 Å². The molecule has 0 aromatic carbocycles. The Morgan fingerprint density at radius 1 is 1.37 bits per heavy atom. The maximum atomic E-state index is 12.2. The second-order valence-corrected chi connectivity index (χ2v) is 4.35. The van der Waals surface area contributed by atoms with Crippen LogP contribution in [-0.4, -0.2) is 19.5 Å². The maximum Gasteiger partial charge on any atom is 0.293 e. The summed E-state index contributed by atoms with van der Waals surface area (Å²) in [5.74, 6) is 1.19. The Kier molecular flexibility index (Phi) is 4.33. The molecule has 0 aliphatic rings. The zero-order valence-electron chi connectivity index (χ0n) is 11.3. The van der Waals surface area contributed by atoms with E-state index in [1.165, 1.54) is 0 Å². The van der Waals surface area contributed by atoms with E-state index in [0.717, 1.165) is 18.7 Å². The lowest BCUT2D eigenvalue weighted by molar-refractivity contribution is 0.641. The molecular weight excluding hydrogens is 242 g/mol. The average Bonchev–Trinajstić information content (AvgIpc) is 2.94. The van der Waals surface area contributed by atoms with Crippen LogP contribution < -0.4 is 10.9 Å². The number of imidazole rings is 1. The lowest BCUT2D eigenvalue weighted by Gasteiger charge is -2.15. The van der Waals surface area contributed by atoms with Crippen LogP contribution in [0, 0.1) is 0 Å². The van der Waals surface area contributed by atoms with Crippen molar-refractivity contribution >= 4 is 5.82 Å². The van der Waals surface area contributed by atoms with E-state index >= 15 is 0 Å². The van der Waals surface area contributed by atoms with Gasteiger partial charge in [-0.15, -0.1) is 0 Å². The van der Waals surface area contributed by atoms with E-state index in [-0.39, 0.29) is 11.6 Å². The molecule has 0 amide bonds. The molecule has 2 aromatic rings. The lowest BCUT2D eigenvalue weighted by atomic mass is 10.2. The summed E-state index contributed by atoms with van der Waals surface area (Å²) >= 11 is 0. The van der Waals surface area contributed by atoms with E-state index in [1.54, 1.807) is 29.4 Å². The number of aromatic nitrogens is 4. The molecule has 2 rings (SSSR count). The molecule has 6 heteroatoms. The van der Waals surface area contributed by atoms with E-state index in [2.05, 4.69) is 20.3 Å². The monoisotopic (exact) mass is 261 g/mol. The van der Waals surface area contributed by atoms with Gasteiger partial charge in [0, 0.05) is 31.3 Å². The summed E-state index contributed by atoms with van der Waals surface area (Å²) < 4.78 is 1.67. The first kappa shape index (κ1) is 13.3. The summed E-state index contributed by atoms with van der Waals surface area (Å²) in [4.78, 5) is 23.6. The third-order valence-corrected chi connectivity index (χ3v) is 2.95. The predicted molar refractivity (Wildman–Crippen MR) is 74.0 cm³/mol. The Bertz CT molecular complexity index is 561. The first-order valence-corrected chi connectivity index (χ1v) is 6.57. The van der Waals surface area contributed by atoms with Crippen molar-refractivity contribution in [2.24, 2.45) is 0 Å². The molecule has 0 bridgehead atoms. The SMILES string of the molecule is CCCn1ccnc(NC(CC)c2ncc[nH]2)c1=O. The standard InChI is InChI=1S/C13H19N5O/c1-3-8-18-9-7-16-12(13(18)19)17-10(4-2)11-14-5-6-15-11/h5-7,9-10H,3-4,8H2,1-2H3,(H,14,15)(H,16,17). The average molecular weight is 261 g/mol. The molecule has 0 aliphatic heterocycles. The normalized spacial score (nSPS) is 12.3. The topological polar surface area (TPSA) is 75.6 Å². The van der Waals surface area contributed by atoms with Gasteiger partial charge in [0.15, 0.2) is 5.82 Å². The van der Waals surface area contributed by atoms with Crippen LogP contribution in [0.4, 0.5) is 5.82 Å². The molecule has 0 spiro atoms. The molecule has 0 saturated carbocycles. The van der Waals surface area contributed by atoms with Crippen LogP contribution in [0.25, 0.3) is 0 Å². The summed E-state index contributed by atoms with van der Waals surface area (Å²) in [5, 5.41) is 3.16. The van der Waals surface area contributed by atoms with Crippen molar-refractivity contribution in [3.05, 3.63) is 41.0 Å². The van der Waals surface area contributed by atoms with Crippen LogP contribution in [0.15, 0.2) is 29.6 Å². The van der Waals surface area contributed by atoms with E-state index in [0.29, 0.717) is 12.4 Å². The van der Waals surface area contributed by atoms with Crippen LogP contribution in [0.5, 0.6) is 0 Å². The van der Waals surface area contributed by atoms with Gasteiger partial charge in [0.2, 0.25) is 0 Å². The third-order valence-electron chi connectivity index (χ3n) is 2.95. The highest BCUT2D eigenvalue weighted by molar-refractivity contribution is 5.33. The Morgan fingerprint density at radius 3 is 2.84 bits per heavy atom. The molecule has 6 nitrogen and oxygen atoms in total. The fourth-order valence-corrected chi connectivity index (χ4v) is 1.96. The molecule has 0 saturated heterocycles. The zero-order chi connectivity index (χ0) is 13.7. The fraction of sp³-hybridized carbons (Fsp3) is 0.462. The van der Waals surface area contributed by atoms with E-state index < -0.39 is 0 Å². The van der Waals surface area contributed by atoms with E-state index in [4.69, 9.17) is 0 Å². The van der Waals surface area contributed by atoms with Crippen LogP contribution >= 0.6 is 0 Å². The highest BCUT2D eigenvalue weighted by Crippen LogP contribution is 2.15. The Morgan fingerprint density at radius 2 is 2.21 bits per heavy atom. The number of nitrogens with one attached hydrogen (secondary N) is 2. The van der Waals surface area contributed by atoms with Gasteiger partial charge in [0.25, 0.3) is 5.56 Å². The van der Waals surface area contributed by atoms with Crippen molar-refractivity contribution in [3.63, 3.8) is 0 Å². The molecule has 0 radical (unpaired) electrons. The highest BCUT2D eigenvalue weighted by Gasteiger charge is 2.14. The Balaban J connectivity index is 2.23. The van der Waals surface area contributed by atoms with Crippen molar-refractivity contribution in [2.75, 3.05) is 5.32 Å². The van der Waals surface area contributed by atoms with Gasteiger partial charge < -0.3 is 14.9 Å². The zero-order valence-corrected chi connectivity index (χ0v) is 11.3. The molecule has 1 atom stereocenters. The van der Waals surface area contributed by atoms with Crippen molar-refractivity contribution in [1.82, 2.24) is 19.5 Å². The number of hydrogen-bond acceptors (Lipinski definition) is 4. The molecule has 0 aliphatic carbocycles. The number of anilines is 1. The molecular formula is C13H19N5O. The fourth-order valence-electron chi connectivity index (χ4n) is 1.96. The van der Waals surface area contributed by atoms with Crippen molar-refractivity contribution in [2.45, 2.75) is 39.3 Å². The lowest BCUT2D eigenvalue weighted by Crippen LogP contribution is -2.26. The number of H-pyrrole nitrogens is 1. The molecule has 19 heavy (non-hydrogen) atoms. The van der Waals surface area contributed by atoms with Gasteiger partial charge in [-0.3, -0.25) is 4.79 Å². The van der Waals surface area contributed by atoms with E-state index in [9.17, 15) is 4.79 Å². The maximum absolute atomic E-state index is 12.2. The number of aryl methyl sites for hydroxylation is 1. The quantitative estimate of drug-likeness (QED) is 0.833.